The summed E-state index contributed by atoms with van der Waals surface area (Å²) in [7, 11) is -0.939. The zero-order valence-electron chi connectivity index (χ0n) is 14.3. The van der Waals surface area contributed by atoms with E-state index in [1.165, 1.54) is 28.1 Å². The number of aromatic nitrogens is 2. The molecule has 3 rings (SSSR count). The molecule has 2 aromatic rings. The molecule has 8 heteroatoms. The average molecular weight is 363 g/mol. The summed E-state index contributed by atoms with van der Waals surface area (Å²) >= 11 is 0. The Bertz CT molecular complexity index is 861. The molecule has 0 N–H and O–H groups in total. The first kappa shape index (κ1) is 17.6. The third-order valence-electron chi connectivity index (χ3n) is 4.53. The summed E-state index contributed by atoms with van der Waals surface area (Å²) < 4.78 is 34.0. The van der Waals surface area contributed by atoms with Gasteiger partial charge in [0.15, 0.2) is 5.03 Å². The molecular formula is C17H21N3O4S. The maximum Gasteiger partial charge on any atom is 0.354 e. The van der Waals surface area contributed by atoms with Gasteiger partial charge in [-0.1, -0.05) is 12.5 Å². The first-order chi connectivity index (χ1) is 12.0. The zero-order valence-corrected chi connectivity index (χ0v) is 15.1. The van der Waals surface area contributed by atoms with Crippen LogP contribution in [0.3, 0.4) is 0 Å². The van der Waals surface area contributed by atoms with Crippen LogP contribution >= 0.6 is 0 Å². The Morgan fingerprint density at radius 1 is 1.24 bits per heavy atom. The molecule has 0 radical (unpaired) electrons. The van der Waals surface area contributed by atoms with E-state index in [1.807, 2.05) is 18.2 Å². The van der Waals surface area contributed by atoms with E-state index < -0.39 is 16.0 Å². The van der Waals surface area contributed by atoms with Gasteiger partial charge in [-0.15, -0.1) is 0 Å². The number of piperidine rings is 1. The number of rotatable bonds is 4. The van der Waals surface area contributed by atoms with Crippen LogP contribution in [0.2, 0.25) is 0 Å². The fourth-order valence-corrected chi connectivity index (χ4v) is 5.09. The van der Waals surface area contributed by atoms with Crippen molar-refractivity contribution in [2.45, 2.75) is 30.3 Å². The molecule has 0 saturated carbocycles. The maximum absolute atomic E-state index is 13.2. The summed E-state index contributed by atoms with van der Waals surface area (Å²) in [4.78, 5) is 16.1. The number of methoxy groups -OCH3 is 1. The maximum atomic E-state index is 13.2. The van der Waals surface area contributed by atoms with Gasteiger partial charge in [0.25, 0.3) is 10.0 Å². The highest BCUT2D eigenvalue weighted by atomic mass is 32.2. The van der Waals surface area contributed by atoms with E-state index in [-0.39, 0.29) is 16.8 Å². The molecule has 0 bridgehead atoms. The van der Waals surface area contributed by atoms with Crippen molar-refractivity contribution in [1.82, 2.24) is 13.9 Å². The van der Waals surface area contributed by atoms with E-state index >= 15 is 0 Å². The molecule has 1 aliphatic rings. The Hall–Kier alpha value is -2.19. The lowest BCUT2D eigenvalue weighted by molar-refractivity contribution is 0.0589. The molecule has 2 aromatic heterocycles. The van der Waals surface area contributed by atoms with Crippen LogP contribution in [0.4, 0.5) is 0 Å². The topological polar surface area (TPSA) is 81.5 Å². The highest BCUT2D eigenvalue weighted by Crippen LogP contribution is 2.34. The van der Waals surface area contributed by atoms with Crippen LogP contribution in [-0.2, 0) is 21.8 Å². The zero-order chi connectivity index (χ0) is 18.0. The second-order valence-electron chi connectivity index (χ2n) is 5.99. The number of sulfonamides is 1. The Kier molecular flexibility index (Phi) is 4.91. The quantitative estimate of drug-likeness (QED) is 0.777. The number of hydrogen-bond donors (Lipinski definition) is 0. The van der Waals surface area contributed by atoms with E-state index in [0.717, 1.165) is 25.0 Å². The van der Waals surface area contributed by atoms with E-state index in [4.69, 9.17) is 4.74 Å². The molecule has 0 amide bonds. The van der Waals surface area contributed by atoms with Gasteiger partial charge in [-0.3, -0.25) is 4.98 Å². The molecule has 1 aliphatic heterocycles. The van der Waals surface area contributed by atoms with Gasteiger partial charge in [0, 0.05) is 19.8 Å². The van der Waals surface area contributed by atoms with Crippen LogP contribution in [0.5, 0.6) is 0 Å². The molecule has 1 saturated heterocycles. The molecule has 134 valence electrons. The van der Waals surface area contributed by atoms with Crippen molar-refractivity contribution in [3.8, 4) is 0 Å². The number of esters is 1. The van der Waals surface area contributed by atoms with Gasteiger partial charge in [-0.25, -0.2) is 13.2 Å². The molecule has 0 aromatic carbocycles. The summed E-state index contributed by atoms with van der Waals surface area (Å²) in [6, 6.07) is 8.15. The molecule has 25 heavy (non-hydrogen) atoms. The number of carbonyl (C=O) groups excluding carboxylic acids is 1. The van der Waals surface area contributed by atoms with Gasteiger partial charge in [0.2, 0.25) is 0 Å². The Morgan fingerprint density at radius 2 is 2.04 bits per heavy atom. The molecule has 1 unspecified atom stereocenters. The largest absolute Gasteiger partial charge is 0.464 e. The van der Waals surface area contributed by atoms with Gasteiger partial charge in [-0.2, -0.15) is 4.31 Å². The molecule has 0 spiro atoms. The van der Waals surface area contributed by atoms with Crippen molar-refractivity contribution in [3.05, 3.63) is 47.9 Å². The molecule has 0 aliphatic carbocycles. The fourth-order valence-electron chi connectivity index (χ4n) is 3.24. The van der Waals surface area contributed by atoms with Crippen molar-refractivity contribution >= 4 is 16.0 Å². The lowest BCUT2D eigenvalue weighted by Gasteiger charge is -2.34. The second-order valence-corrected chi connectivity index (χ2v) is 7.83. The minimum Gasteiger partial charge on any atom is -0.464 e. The first-order valence-corrected chi connectivity index (χ1v) is 9.57. The third kappa shape index (κ3) is 3.19. The van der Waals surface area contributed by atoms with Gasteiger partial charge >= 0.3 is 5.97 Å². The normalized spacial score (nSPS) is 18.9. The SMILES string of the molecule is COC(=O)c1ccc(S(=O)(=O)N2CCCCC2c2ccccn2)n1C. The standard InChI is InChI=1S/C17H21N3O4S/c1-19-15(17(21)24-2)9-10-16(19)25(22,23)20-12-6-4-8-14(20)13-7-3-5-11-18-13/h3,5,7,9-11,14H,4,6,8,12H2,1-2H3. The summed E-state index contributed by atoms with van der Waals surface area (Å²) in [5, 5.41) is 0.0794. The van der Waals surface area contributed by atoms with Crippen molar-refractivity contribution < 1.29 is 17.9 Å². The number of pyridine rings is 1. The Balaban J connectivity index is 2.01. The fraction of sp³-hybridized carbons (Fsp3) is 0.412. The monoisotopic (exact) mass is 363 g/mol. The van der Waals surface area contributed by atoms with Crippen LogP contribution in [0.25, 0.3) is 0 Å². The van der Waals surface area contributed by atoms with E-state index in [9.17, 15) is 13.2 Å². The van der Waals surface area contributed by atoms with Gasteiger partial charge in [-0.05, 0) is 37.1 Å². The van der Waals surface area contributed by atoms with Crippen molar-refractivity contribution in [1.29, 1.82) is 0 Å². The highest BCUT2D eigenvalue weighted by molar-refractivity contribution is 7.89. The summed E-state index contributed by atoms with van der Waals surface area (Å²) in [5.41, 5.74) is 0.945. The number of hydrogen-bond acceptors (Lipinski definition) is 5. The number of nitrogens with zero attached hydrogens (tertiary/aromatic N) is 3. The number of ether oxygens (including phenoxy) is 1. The predicted octanol–water partition coefficient (Wildman–Crippen LogP) is 2.12. The van der Waals surface area contributed by atoms with Crippen LogP contribution in [0.15, 0.2) is 41.6 Å². The summed E-state index contributed by atoms with van der Waals surface area (Å²) in [5.74, 6) is -0.566. The van der Waals surface area contributed by atoms with E-state index in [0.29, 0.717) is 6.54 Å². The van der Waals surface area contributed by atoms with E-state index in [1.54, 1.807) is 13.2 Å². The van der Waals surface area contributed by atoms with Crippen LogP contribution in [0.1, 0.15) is 41.5 Å². The van der Waals surface area contributed by atoms with Gasteiger partial charge in [0.05, 0.1) is 18.8 Å². The van der Waals surface area contributed by atoms with Crippen molar-refractivity contribution in [3.63, 3.8) is 0 Å². The lowest BCUT2D eigenvalue weighted by Crippen LogP contribution is -2.39. The average Bonchev–Trinajstić information content (AvgIpc) is 3.04. The van der Waals surface area contributed by atoms with Crippen molar-refractivity contribution in [2.75, 3.05) is 13.7 Å². The smallest absolute Gasteiger partial charge is 0.354 e. The van der Waals surface area contributed by atoms with Crippen LogP contribution in [-0.4, -0.2) is 41.9 Å². The van der Waals surface area contributed by atoms with Crippen LogP contribution in [0, 0.1) is 0 Å². The predicted molar refractivity (Wildman–Crippen MR) is 91.5 cm³/mol. The summed E-state index contributed by atoms with van der Waals surface area (Å²) in [6.07, 6.45) is 4.15. The molecule has 3 heterocycles. The van der Waals surface area contributed by atoms with Gasteiger partial charge in [0.1, 0.15) is 5.69 Å². The van der Waals surface area contributed by atoms with Gasteiger partial charge < -0.3 is 9.30 Å². The molecule has 1 fully saturated rings. The van der Waals surface area contributed by atoms with Crippen LogP contribution < -0.4 is 0 Å². The minimum atomic E-state index is -3.76. The van der Waals surface area contributed by atoms with Crippen molar-refractivity contribution in [2.24, 2.45) is 7.05 Å². The first-order valence-electron chi connectivity index (χ1n) is 8.13. The third-order valence-corrected chi connectivity index (χ3v) is 6.52. The Labute approximate surface area is 147 Å². The highest BCUT2D eigenvalue weighted by Gasteiger charge is 2.37. The molecule has 7 nitrogen and oxygen atoms in total. The second kappa shape index (κ2) is 6.97. The molecule has 1 atom stereocenters. The molecular weight excluding hydrogens is 342 g/mol. The van der Waals surface area contributed by atoms with E-state index in [2.05, 4.69) is 4.98 Å². The Morgan fingerprint density at radius 3 is 2.72 bits per heavy atom. The lowest BCUT2D eigenvalue weighted by atomic mass is 10.0. The minimum absolute atomic E-state index is 0.0794. The number of carbonyl (C=O) groups is 1. The summed E-state index contributed by atoms with van der Waals surface area (Å²) in [6.45, 7) is 0.433.